The molecule has 0 aromatic heterocycles. The van der Waals surface area contributed by atoms with Crippen molar-refractivity contribution in [1.29, 1.82) is 0 Å². The van der Waals surface area contributed by atoms with Gasteiger partial charge in [-0.25, -0.2) is 0 Å². The third kappa shape index (κ3) is 2.93. The van der Waals surface area contributed by atoms with E-state index in [1.54, 1.807) is 0 Å². The van der Waals surface area contributed by atoms with Crippen LogP contribution in [0.15, 0.2) is 33.7 Å². The molecule has 0 aliphatic carbocycles. The summed E-state index contributed by atoms with van der Waals surface area (Å²) in [6.45, 7) is 0. The summed E-state index contributed by atoms with van der Waals surface area (Å²) in [5.41, 5.74) is 0.877. The zero-order valence-corrected chi connectivity index (χ0v) is 8.16. The molecular weight excluding hydrogens is 205 g/mol. The molecule has 0 aliphatic heterocycles. The Bertz CT molecular complexity index is 231. The van der Waals surface area contributed by atoms with E-state index >= 15 is 0 Å². The molecule has 0 fully saturated rings. The van der Waals surface area contributed by atoms with Gasteiger partial charge in [0.2, 0.25) is 0 Å². The minimum absolute atomic E-state index is 0.877. The molecule has 0 unspecified atom stereocenters. The van der Waals surface area contributed by atoms with Crippen LogP contribution in [0.4, 0.5) is 5.69 Å². The van der Waals surface area contributed by atoms with Crippen molar-refractivity contribution in [3.63, 3.8) is 0 Å². The molecule has 0 N–H and O–H groups in total. The first-order valence-electron chi connectivity index (χ1n) is 2.74. The average Bonchev–Trinajstić information content (AvgIpc) is 1.88. The summed E-state index contributed by atoms with van der Waals surface area (Å²) in [5.74, 6) is 0. The van der Waals surface area contributed by atoms with Crippen LogP contribution >= 0.6 is 18.6 Å². The summed E-state index contributed by atoms with van der Waals surface area (Å²) in [6.07, 6.45) is 0. The van der Waals surface area contributed by atoms with E-state index in [0.29, 0.717) is 0 Å². The summed E-state index contributed by atoms with van der Waals surface area (Å²) in [7, 11) is 11.2. The predicted octanol–water partition coefficient (Wildman–Crippen LogP) is 3.43. The molecule has 0 bridgehead atoms. The molecule has 0 spiro atoms. The van der Waals surface area contributed by atoms with Crippen molar-refractivity contribution < 1.29 is 15.6 Å². The molecule has 0 heterocycles. The Balaban J connectivity index is 2.87. The van der Waals surface area contributed by atoms with E-state index in [0.717, 1.165) is 5.69 Å². The molecule has 0 radical (unpaired) electrons. The van der Waals surface area contributed by atoms with Crippen LogP contribution in [0, 0.1) is 0 Å². The minimum atomic E-state index is -2.06. The first-order chi connectivity index (χ1) is 4.79. The van der Waals surface area contributed by atoms with E-state index in [4.69, 9.17) is 18.6 Å². The number of hydrogen-bond donors (Lipinski definition) is 0. The number of hydrogen-bond acceptors (Lipinski definition) is 1. The Morgan fingerprint density at radius 3 is 2.20 bits per heavy atom. The van der Waals surface area contributed by atoms with Gasteiger partial charge in [-0.2, -0.15) is 0 Å². The van der Waals surface area contributed by atoms with E-state index < -0.39 is 15.6 Å². The zero-order valence-electron chi connectivity index (χ0n) is 5.09. The SMILES string of the molecule is [Cl][Ti]([Cl])=[N]c1ccccc1. The predicted molar refractivity (Wildman–Crippen MR) is 40.2 cm³/mol. The molecule has 0 aliphatic rings. The van der Waals surface area contributed by atoms with Gasteiger partial charge >= 0.3 is 73.6 Å². The van der Waals surface area contributed by atoms with Crippen LogP contribution in [-0.2, 0) is 15.6 Å². The summed E-state index contributed by atoms with van der Waals surface area (Å²) in [5, 5.41) is 0. The summed E-state index contributed by atoms with van der Waals surface area (Å²) in [6, 6.07) is 9.53. The van der Waals surface area contributed by atoms with Crippen molar-refractivity contribution >= 4 is 24.3 Å². The molecule has 1 aromatic rings. The number of benzene rings is 1. The second-order valence-electron chi connectivity index (χ2n) is 1.69. The maximum absolute atomic E-state index is 5.58. The molecular formula is C6H5Cl2NTi. The summed E-state index contributed by atoms with van der Waals surface area (Å²) < 4.78 is 4.06. The molecule has 1 nitrogen and oxygen atoms in total. The van der Waals surface area contributed by atoms with E-state index in [-0.39, 0.29) is 0 Å². The maximum atomic E-state index is 5.58. The van der Waals surface area contributed by atoms with Gasteiger partial charge in [-0.15, -0.1) is 0 Å². The van der Waals surface area contributed by atoms with Crippen molar-refractivity contribution in [1.82, 2.24) is 0 Å². The van der Waals surface area contributed by atoms with Crippen molar-refractivity contribution in [2.75, 3.05) is 0 Å². The fraction of sp³-hybridized carbons (Fsp3) is 0. The van der Waals surface area contributed by atoms with Gasteiger partial charge in [0, 0.05) is 0 Å². The van der Waals surface area contributed by atoms with Gasteiger partial charge in [0.1, 0.15) is 0 Å². The number of rotatable bonds is 1. The zero-order chi connectivity index (χ0) is 7.40. The van der Waals surface area contributed by atoms with Crippen molar-refractivity contribution in [3.05, 3.63) is 30.3 Å². The van der Waals surface area contributed by atoms with Crippen LogP contribution in [0.5, 0.6) is 0 Å². The topological polar surface area (TPSA) is 12.4 Å². The number of halogens is 2. The second kappa shape index (κ2) is 4.25. The molecule has 10 heavy (non-hydrogen) atoms. The van der Waals surface area contributed by atoms with Gasteiger partial charge in [-0.3, -0.25) is 0 Å². The fourth-order valence-corrected chi connectivity index (χ4v) is 1.94. The first-order valence-corrected chi connectivity index (χ1v) is 7.73. The van der Waals surface area contributed by atoms with Crippen molar-refractivity contribution in [3.8, 4) is 0 Å². The fourth-order valence-electron chi connectivity index (χ4n) is 0.600. The molecule has 0 saturated carbocycles. The third-order valence-corrected chi connectivity index (χ3v) is 2.33. The van der Waals surface area contributed by atoms with Gasteiger partial charge in [0.05, 0.1) is 0 Å². The van der Waals surface area contributed by atoms with Crippen LogP contribution in [0.25, 0.3) is 0 Å². The summed E-state index contributed by atoms with van der Waals surface area (Å²) >= 11 is -2.06. The van der Waals surface area contributed by atoms with Crippen molar-refractivity contribution in [2.24, 2.45) is 3.42 Å². The van der Waals surface area contributed by atoms with Crippen LogP contribution in [0.1, 0.15) is 0 Å². The molecule has 0 saturated heterocycles. The number of nitrogens with zero attached hydrogens (tertiary/aromatic N) is 1. The van der Waals surface area contributed by atoms with E-state index in [9.17, 15) is 0 Å². The average molecular weight is 210 g/mol. The van der Waals surface area contributed by atoms with Crippen LogP contribution in [0.2, 0.25) is 0 Å². The third-order valence-electron chi connectivity index (χ3n) is 0.970. The summed E-state index contributed by atoms with van der Waals surface area (Å²) in [4.78, 5) is 0. The molecule has 4 heteroatoms. The first kappa shape index (κ1) is 8.41. The van der Waals surface area contributed by atoms with E-state index in [1.165, 1.54) is 0 Å². The van der Waals surface area contributed by atoms with Crippen LogP contribution in [-0.4, -0.2) is 0 Å². The Morgan fingerprint density at radius 1 is 1.10 bits per heavy atom. The Hall–Kier alpha value is 0.314. The Morgan fingerprint density at radius 2 is 1.70 bits per heavy atom. The quantitative estimate of drug-likeness (QED) is 0.629. The molecule has 0 atom stereocenters. The normalized spacial score (nSPS) is 9.00. The molecule has 1 aromatic carbocycles. The van der Waals surface area contributed by atoms with E-state index in [2.05, 4.69) is 3.42 Å². The van der Waals surface area contributed by atoms with E-state index in [1.807, 2.05) is 30.3 Å². The molecule has 1 rings (SSSR count). The Labute approximate surface area is 73.4 Å². The van der Waals surface area contributed by atoms with Gasteiger partial charge in [-0.05, 0) is 0 Å². The van der Waals surface area contributed by atoms with Gasteiger partial charge in [0.25, 0.3) is 0 Å². The molecule has 52 valence electrons. The van der Waals surface area contributed by atoms with Gasteiger partial charge < -0.3 is 0 Å². The molecule has 0 amide bonds. The second-order valence-corrected chi connectivity index (χ2v) is 6.54. The van der Waals surface area contributed by atoms with Gasteiger partial charge in [-0.1, -0.05) is 0 Å². The van der Waals surface area contributed by atoms with Crippen LogP contribution < -0.4 is 0 Å². The van der Waals surface area contributed by atoms with Crippen LogP contribution in [0.3, 0.4) is 0 Å². The van der Waals surface area contributed by atoms with Crippen molar-refractivity contribution in [2.45, 2.75) is 0 Å². The monoisotopic (exact) mass is 209 g/mol. The standard InChI is InChI=1S/C6H5N.2ClH.Ti/c7-6-4-2-1-3-5-6;;;/h1-5H;2*1H;/q;;;+2/p-2. The van der Waals surface area contributed by atoms with Gasteiger partial charge in [0.15, 0.2) is 0 Å². The Kier molecular flexibility index (Phi) is 3.57.